The molecule has 0 aliphatic heterocycles. The Morgan fingerprint density at radius 2 is 0.656 bits per heavy atom. The summed E-state index contributed by atoms with van der Waals surface area (Å²) in [5.74, 6) is 1.53. The largest absolute Gasteiger partial charge is 0.489 e. The fraction of sp³-hybridized carbons (Fsp3) is 0.477. The normalized spacial score (nSPS) is 14.0. The van der Waals surface area contributed by atoms with Gasteiger partial charge in [-0.05, 0) is 276 Å². The second kappa shape index (κ2) is 45.0. The highest BCUT2D eigenvalue weighted by Gasteiger charge is 2.44. The van der Waals surface area contributed by atoms with Crippen molar-refractivity contribution >= 4 is 20.6 Å². The average Bonchev–Trinajstić information content (AvgIpc) is 0.763. The SMILES string of the molecule is C=CCOc1c(C)c(C/C=C(\C)C(C/C=C(\C)CC/C=C(\C)CC/C=C(\C)CC/C=C(\C)CC/C=C(\C)CCC=C(C)C)(C/C=C(\C)CC/C=C(\C)CC/C=C(\C)CC/C=C(\C)CC/C=C(\C)CCC=C(C)C)S(=O)(=O)c2ccccc2)c(OCC=C)c2ccccc12. The third-order valence-corrected chi connectivity index (χ3v) is 20.6. The molecule has 4 nitrogen and oxygen atoms in total. The fourth-order valence-electron chi connectivity index (χ4n) is 11.8. The minimum Gasteiger partial charge on any atom is -0.489 e. The number of hydrogen-bond acceptors (Lipinski definition) is 4. The number of hydrogen-bond donors (Lipinski definition) is 0. The minimum atomic E-state index is -3.98. The molecule has 0 aliphatic carbocycles. The van der Waals surface area contributed by atoms with Crippen LogP contribution >= 0.6 is 0 Å². The number of allylic oxidation sites excluding steroid dienone is 25. The molecule has 3 aromatic carbocycles. The summed E-state index contributed by atoms with van der Waals surface area (Å²) in [5, 5.41) is 1.89. The lowest BCUT2D eigenvalue weighted by molar-refractivity contribution is 0.354. The van der Waals surface area contributed by atoms with Crippen molar-refractivity contribution in [3.63, 3.8) is 0 Å². The van der Waals surface area contributed by atoms with E-state index in [1.54, 1.807) is 24.3 Å². The van der Waals surface area contributed by atoms with Gasteiger partial charge in [0.1, 0.15) is 29.5 Å². The second-order valence-electron chi connectivity index (χ2n) is 27.3. The molecule has 0 aromatic heterocycles. The summed E-state index contributed by atoms with van der Waals surface area (Å²) in [6.07, 6.45) is 56.2. The highest BCUT2D eigenvalue weighted by atomic mass is 32.2. The van der Waals surface area contributed by atoms with E-state index in [1.165, 1.54) is 66.9 Å². The van der Waals surface area contributed by atoms with Crippen molar-refractivity contribution in [3.8, 4) is 11.5 Å². The third-order valence-electron chi connectivity index (χ3n) is 18.1. The monoisotopic (exact) mass is 1280 g/mol. The van der Waals surface area contributed by atoms with E-state index in [0.29, 0.717) is 37.4 Å². The van der Waals surface area contributed by atoms with Crippen LogP contribution in [-0.2, 0) is 16.3 Å². The number of ether oxygens (including phenoxy) is 2. The summed E-state index contributed by atoms with van der Waals surface area (Å²) < 4.78 is 43.3. The van der Waals surface area contributed by atoms with E-state index in [0.717, 1.165) is 167 Å². The molecular formula is C88H126O4S. The molecule has 0 saturated heterocycles. The van der Waals surface area contributed by atoms with Gasteiger partial charge in [0.05, 0.1) is 4.90 Å². The summed E-state index contributed by atoms with van der Waals surface area (Å²) in [6.45, 7) is 43.9. The summed E-state index contributed by atoms with van der Waals surface area (Å²) in [5.41, 5.74) is 19.5. The van der Waals surface area contributed by atoms with Gasteiger partial charge in [-0.2, -0.15) is 0 Å². The summed E-state index contributed by atoms with van der Waals surface area (Å²) in [6, 6.07) is 17.3. The van der Waals surface area contributed by atoms with E-state index >= 15 is 8.42 Å². The van der Waals surface area contributed by atoms with Gasteiger partial charge in [-0.15, -0.1) is 0 Å². The first-order valence-electron chi connectivity index (χ1n) is 35.3. The maximum Gasteiger partial charge on any atom is 0.188 e. The molecule has 5 heteroatoms. The minimum absolute atomic E-state index is 0.326. The van der Waals surface area contributed by atoms with Crippen LogP contribution in [0.3, 0.4) is 0 Å². The van der Waals surface area contributed by atoms with E-state index in [4.69, 9.17) is 9.47 Å². The number of benzene rings is 3. The van der Waals surface area contributed by atoms with Crippen molar-refractivity contribution in [2.45, 2.75) is 268 Å². The molecule has 0 heterocycles. The molecule has 0 fully saturated rings. The lowest BCUT2D eigenvalue weighted by Crippen LogP contribution is -2.39. The maximum atomic E-state index is 15.8. The molecule has 0 N–H and O–H groups in total. The Bertz CT molecular complexity index is 3230. The molecule has 508 valence electrons. The van der Waals surface area contributed by atoms with Gasteiger partial charge in [0.15, 0.2) is 9.84 Å². The molecule has 0 amide bonds. The lowest BCUT2D eigenvalue weighted by Gasteiger charge is -2.34. The zero-order valence-electron chi connectivity index (χ0n) is 61.5. The van der Waals surface area contributed by atoms with Crippen LogP contribution in [0.15, 0.2) is 236 Å². The molecule has 0 unspecified atom stereocenters. The van der Waals surface area contributed by atoms with Crippen LogP contribution in [0.5, 0.6) is 11.5 Å². The summed E-state index contributed by atoms with van der Waals surface area (Å²) in [4.78, 5) is 0.329. The Kier molecular flexibility index (Phi) is 39.1. The maximum absolute atomic E-state index is 15.8. The van der Waals surface area contributed by atoms with E-state index in [-0.39, 0.29) is 0 Å². The van der Waals surface area contributed by atoms with Gasteiger partial charge in [0.2, 0.25) is 0 Å². The van der Waals surface area contributed by atoms with Crippen molar-refractivity contribution in [3.05, 3.63) is 242 Å². The average molecular weight is 1280 g/mol. The van der Waals surface area contributed by atoms with Crippen LogP contribution in [0, 0.1) is 6.92 Å². The fourth-order valence-corrected chi connectivity index (χ4v) is 13.9. The van der Waals surface area contributed by atoms with Crippen LogP contribution in [0.2, 0.25) is 0 Å². The Labute approximate surface area is 570 Å². The van der Waals surface area contributed by atoms with Crippen molar-refractivity contribution in [2.24, 2.45) is 0 Å². The molecule has 0 aliphatic rings. The Balaban J connectivity index is 1.90. The van der Waals surface area contributed by atoms with Crippen LogP contribution in [-0.4, -0.2) is 26.4 Å². The Morgan fingerprint density at radius 1 is 0.376 bits per heavy atom. The molecule has 0 radical (unpaired) electrons. The predicted octanol–water partition coefficient (Wildman–Crippen LogP) is 27.0. The number of rotatable bonds is 45. The Hall–Kier alpha value is -6.43. The van der Waals surface area contributed by atoms with Gasteiger partial charge < -0.3 is 9.47 Å². The first kappa shape index (κ1) is 80.8. The molecule has 3 rings (SSSR count). The van der Waals surface area contributed by atoms with E-state index < -0.39 is 14.6 Å². The topological polar surface area (TPSA) is 52.6 Å². The van der Waals surface area contributed by atoms with E-state index in [1.807, 2.05) is 37.3 Å². The van der Waals surface area contributed by atoms with Crippen molar-refractivity contribution in [1.29, 1.82) is 0 Å². The summed E-state index contributed by atoms with van der Waals surface area (Å²) >= 11 is 0. The van der Waals surface area contributed by atoms with E-state index in [2.05, 4.69) is 208 Å². The van der Waals surface area contributed by atoms with Gasteiger partial charge in [0.25, 0.3) is 0 Å². The zero-order chi connectivity index (χ0) is 68.6. The van der Waals surface area contributed by atoms with Crippen molar-refractivity contribution < 1.29 is 17.9 Å². The number of sulfone groups is 1. The molecule has 3 aromatic rings. The molecule has 0 atom stereocenters. The zero-order valence-corrected chi connectivity index (χ0v) is 62.3. The highest BCUT2D eigenvalue weighted by Crippen LogP contribution is 2.44. The lowest BCUT2D eigenvalue weighted by atomic mass is 9.87. The van der Waals surface area contributed by atoms with Gasteiger partial charge in [-0.3, -0.25) is 0 Å². The van der Waals surface area contributed by atoms with Crippen LogP contribution < -0.4 is 9.47 Å². The standard InChI is InChI=1S/C88H126O4S/c1-19-66-91-86-81(18)83(87(92-67-20-2)85-59-25-24-58-84(85)86)61-60-80(17)88(93(89,90)82-56-22-21-23-57-82,64-62-78(15)54-34-52-76(13)50-32-48-74(11)46-30-44-72(9)42-28-40-70(7)38-26-36-68(3)4)65-63-79(16)55-35-53-77(14)51-33-49-75(12)47-31-45-73(10)43-29-41-71(8)39-27-37-69(5)6/h19-25,36-37,40-41,44-45,48-49,52-53,56-60,62-63H,1-2,26-35,38-39,42-43,46-47,50-51,54-55,61,64-67H2,3-18H3/b70-40+,71-41+,72-44+,73-45+,74-48+,75-49+,76-52+,77-53+,78-62+,79-63+,80-60+. The van der Waals surface area contributed by atoms with Crippen LogP contribution in [0.4, 0.5) is 0 Å². The molecular weight excluding hydrogens is 1150 g/mol. The number of fused-ring (bicyclic) bond motifs is 1. The van der Waals surface area contributed by atoms with Gasteiger partial charge in [-0.25, -0.2) is 8.42 Å². The summed E-state index contributed by atoms with van der Waals surface area (Å²) in [7, 11) is -3.98. The van der Waals surface area contributed by atoms with Crippen molar-refractivity contribution in [1.82, 2.24) is 0 Å². The molecule has 93 heavy (non-hydrogen) atoms. The van der Waals surface area contributed by atoms with Gasteiger partial charge in [0, 0.05) is 16.3 Å². The van der Waals surface area contributed by atoms with Gasteiger partial charge in [-0.1, -0.05) is 219 Å². The van der Waals surface area contributed by atoms with Crippen LogP contribution in [0.25, 0.3) is 10.8 Å². The predicted molar refractivity (Wildman–Crippen MR) is 412 cm³/mol. The first-order valence-corrected chi connectivity index (χ1v) is 36.7. The molecule has 0 bridgehead atoms. The van der Waals surface area contributed by atoms with Crippen LogP contribution in [0.1, 0.15) is 256 Å². The third kappa shape index (κ3) is 31.1. The first-order chi connectivity index (χ1) is 44.4. The van der Waals surface area contributed by atoms with E-state index in [9.17, 15) is 0 Å². The highest BCUT2D eigenvalue weighted by molar-refractivity contribution is 7.93. The quantitative estimate of drug-likeness (QED) is 0.0529. The van der Waals surface area contributed by atoms with Crippen molar-refractivity contribution in [2.75, 3.05) is 13.2 Å². The smallest absolute Gasteiger partial charge is 0.188 e. The Morgan fingerprint density at radius 3 is 0.968 bits per heavy atom. The molecule has 0 spiro atoms. The van der Waals surface area contributed by atoms with Gasteiger partial charge >= 0.3 is 0 Å². The molecule has 0 saturated carbocycles. The second-order valence-corrected chi connectivity index (χ2v) is 29.5.